The summed E-state index contributed by atoms with van der Waals surface area (Å²) in [6.07, 6.45) is 1.12. The maximum absolute atomic E-state index is 13.5. The van der Waals surface area contributed by atoms with E-state index >= 15 is 0 Å². The molecule has 2 rings (SSSR count). The molecule has 94 valence electrons. The molecule has 1 aliphatic heterocycles. The first-order valence-corrected chi connectivity index (χ1v) is 6.30. The summed E-state index contributed by atoms with van der Waals surface area (Å²) < 4.78 is 13.5. The van der Waals surface area contributed by atoms with Crippen LogP contribution < -0.4 is 10.2 Å². The summed E-state index contributed by atoms with van der Waals surface area (Å²) >= 11 is 0. The Bertz CT molecular complexity index is 392. The quantitative estimate of drug-likeness (QED) is 0.849. The van der Waals surface area contributed by atoms with Crippen LogP contribution in [0.25, 0.3) is 0 Å². The monoisotopic (exact) mass is 236 g/mol. The average Bonchev–Trinajstić information content (AvgIpc) is 2.32. The van der Waals surface area contributed by atoms with Crippen LogP contribution in [0.4, 0.5) is 10.1 Å². The van der Waals surface area contributed by atoms with Crippen LogP contribution in [0.1, 0.15) is 18.9 Å². The molecule has 2 unspecified atom stereocenters. The Morgan fingerprint density at radius 1 is 1.41 bits per heavy atom. The van der Waals surface area contributed by atoms with Gasteiger partial charge >= 0.3 is 0 Å². The van der Waals surface area contributed by atoms with Crippen LogP contribution in [0, 0.1) is 18.7 Å². The van der Waals surface area contributed by atoms with Crippen molar-refractivity contribution in [1.29, 1.82) is 0 Å². The van der Waals surface area contributed by atoms with Crippen molar-refractivity contribution in [2.75, 3.05) is 25.0 Å². The first-order valence-electron chi connectivity index (χ1n) is 6.30. The summed E-state index contributed by atoms with van der Waals surface area (Å²) in [5, 5.41) is 3.35. The number of halogens is 1. The van der Waals surface area contributed by atoms with Crippen LogP contribution in [0.15, 0.2) is 18.2 Å². The molecule has 1 N–H and O–H groups in total. The minimum atomic E-state index is -0.106. The molecule has 1 aromatic carbocycles. The Labute approximate surface area is 103 Å². The summed E-state index contributed by atoms with van der Waals surface area (Å²) in [5.41, 5.74) is 1.72. The van der Waals surface area contributed by atoms with Gasteiger partial charge in [-0.1, -0.05) is 13.0 Å². The number of aryl methyl sites for hydroxylation is 1. The summed E-state index contributed by atoms with van der Waals surface area (Å²) in [6.45, 7) is 6.04. The zero-order valence-corrected chi connectivity index (χ0v) is 10.8. The van der Waals surface area contributed by atoms with E-state index in [-0.39, 0.29) is 5.82 Å². The van der Waals surface area contributed by atoms with E-state index in [1.807, 2.05) is 19.2 Å². The zero-order valence-electron chi connectivity index (χ0n) is 10.8. The minimum absolute atomic E-state index is 0.106. The number of nitrogens with one attached hydrogen (secondary N) is 1. The van der Waals surface area contributed by atoms with Crippen molar-refractivity contribution in [3.05, 3.63) is 29.6 Å². The lowest BCUT2D eigenvalue weighted by molar-refractivity contribution is 0.338. The van der Waals surface area contributed by atoms with Gasteiger partial charge in [0, 0.05) is 24.8 Å². The highest BCUT2D eigenvalue weighted by Crippen LogP contribution is 2.24. The standard InChI is InChI=1S/C14H21FN2/c1-10-4-5-12(8-13(10)15)17-7-6-14(16-3)11(2)9-17/h4-5,8,11,14,16H,6-7,9H2,1-3H3. The van der Waals surface area contributed by atoms with Crippen LogP contribution in [0.5, 0.6) is 0 Å². The average molecular weight is 236 g/mol. The highest BCUT2D eigenvalue weighted by Gasteiger charge is 2.24. The van der Waals surface area contributed by atoms with E-state index in [2.05, 4.69) is 17.1 Å². The third-order valence-electron chi connectivity index (χ3n) is 3.80. The fourth-order valence-corrected chi connectivity index (χ4v) is 2.59. The van der Waals surface area contributed by atoms with Gasteiger partial charge < -0.3 is 10.2 Å². The second kappa shape index (κ2) is 5.05. The van der Waals surface area contributed by atoms with E-state index < -0.39 is 0 Å². The lowest BCUT2D eigenvalue weighted by Crippen LogP contribution is -2.47. The van der Waals surface area contributed by atoms with Gasteiger partial charge in [0.1, 0.15) is 5.82 Å². The minimum Gasteiger partial charge on any atom is -0.371 e. The molecule has 17 heavy (non-hydrogen) atoms. The SMILES string of the molecule is CNC1CCN(c2ccc(C)c(F)c2)CC1C. The third-order valence-corrected chi connectivity index (χ3v) is 3.80. The Balaban J connectivity index is 2.11. The molecule has 3 heteroatoms. The number of piperidine rings is 1. The normalized spacial score (nSPS) is 25.1. The van der Waals surface area contributed by atoms with Crippen molar-refractivity contribution in [2.24, 2.45) is 5.92 Å². The van der Waals surface area contributed by atoms with Crippen molar-refractivity contribution in [1.82, 2.24) is 5.32 Å². The highest BCUT2D eigenvalue weighted by atomic mass is 19.1. The molecule has 2 nitrogen and oxygen atoms in total. The number of benzene rings is 1. The van der Waals surface area contributed by atoms with E-state index in [0.717, 1.165) is 25.2 Å². The van der Waals surface area contributed by atoms with E-state index in [9.17, 15) is 4.39 Å². The highest BCUT2D eigenvalue weighted by molar-refractivity contribution is 5.48. The first-order chi connectivity index (χ1) is 8.11. The largest absolute Gasteiger partial charge is 0.371 e. The van der Waals surface area contributed by atoms with Gasteiger partial charge in [-0.3, -0.25) is 0 Å². The van der Waals surface area contributed by atoms with Gasteiger partial charge in [-0.25, -0.2) is 4.39 Å². The molecule has 0 amide bonds. The molecule has 0 saturated carbocycles. The van der Waals surface area contributed by atoms with Crippen molar-refractivity contribution < 1.29 is 4.39 Å². The topological polar surface area (TPSA) is 15.3 Å². The molecule has 0 radical (unpaired) electrons. The van der Waals surface area contributed by atoms with E-state index in [4.69, 9.17) is 0 Å². The van der Waals surface area contributed by atoms with Gasteiger partial charge in [0.25, 0.3) is 0 Å². The molecule has 1 aromatic rings. The maximum atomic E-state index is 13.5. The van der Waals surface area contributed by atoms with E-state index in [0.29, 0.717) is 17.5 Å². The van der Waals surface area contributed by atoms with Crippen LogP contribution in [-0.4, -0.2) is 26.2 Å². The smallest absolute Gasteiger partial charge is 0.128 e. The maximum Gasteiger partial charge on any atom is 0.128 e. The number of hydrogen-bond donors (Lipinski definition) is 1. The predicted molar refractivity (Wildman–Crippen MR) is 70.0 cm³/mol. The van der Waals surface area contributed by atoms with Crippen LogP contribution >= 0.6 is 0 Å². The Kier molecular flexibility index (Phi) is 3.67. The Morgan fingerprint density at radius 3 is 2.76 bits per heavy atom. The summed E-state index contributed by atoms with van der Waals surface area (Å²) in [6, 6.07) is 6.12. The van der Waals surface area contributed by atoms with E-state index in [1.54, 1.807) is 13.0 Å². The van der Waals surface area contributed by atoms with Crippen molar-refractivity contribution in [3.63, 3.8) is 0 Å². The summed E-state index contributed by atoms with van der Waals surface area (Å²) in [5.74, 6) is 0.490. The molecule has 1 heterocycles. The molecule has 1 saturated heterocycles. The molecule has 1 aliphatic rings. The number of anilines is 1. The fraction of sp³-hybridized carbons (Fsp3) is 0.571. The molecular formula is C14H21FN2. The second-order valence-corrected chi connectivity index (χ2v) is 5.04. The van der Waals surface area contributed by atoms with Crippen LogP contribution in [-0.2, 0) is 0 Å². The zero-order chi connectivity index (χ0) is 12.4. The fourth-order valence-electron chi connectivity index (χ4n) is 2.59. The van der Waals surface area contributed by atoms with Gasteiger partial charge in [-0.05, 0) is 44.0 Å². The molecule has 0 aliphatic carbocycles. The Hall–Kier alpha value is -1.09. The predicted octanol–water partition coefficient (Wildman–Crippen LogP) is 2.57. The van der Waals surface area contributed by atoms with Gasteiger partial charge in [-0.2, -0.15) is 0 Å². The van der Waals surface area contributed by atoms with Gasteiger partial charge in [-0.15, -0.1) is 0 Å². The number of rotatable bonds is 2. The molecule has 0 bridgehead atoms. The van der Waals surface area contributed by atoms with Crippen LogP contribution in [0.3, 0.4) is 0 Å². The first kappa shape index (κ1) is 12.4. The summed E-state index contributed by atoms with van der Waals surface area (Å²) in [4.78, 5) is 2.28. The van der Waals surface area contributed by atoms with Gasteiger partial charge in [0.05, 0.1) is 0 Å². The van der Waals surface area contributed by atoms with Crippen molar-refractivity contribution in [3.8, 4) is 0 Å². The third kappa shape index (κ3) is 2.60. The molecule has 0 spiro atoms. The van der Waals surface area contributed by atoms with Crippen LogP contribution in [0.2, 0.25) is 0 Å². The lowest BCUT2D eigenvalue weighted by Gasteiger charge is -2.38. The van der Waals surface area contributed by atoms with Crippen molar-refractivity contribution in [2.45, 2.75) is 26.3 Å². The van der Waals surface area contributed by atoms with Gasteiger partial charge in [0.2, 0.25) is 0 Å². The second-order valence-electron chi connectivity index (χ2n) is 5.04. The molecule has 1 fully saturated rings. The van der Waals surface area contributed by atoms with E-state index in [1.165, 1.54) is 0 Å². The Morgan fingerprint density at radius 2 is 2.18 bits per heavy atom. The van der Waals surface area contributed by atoms with Gasteiger partial charge in [0.15, 0.2) is 0 Å². The molecule has 0 aromatic heterocycles. The lowest BCUT2D eigenvalue weighted by atomic mass is 9.93. The van der Waals surface area contributed by atoms with Crippen molar-refractivity contribution >= 4 is 5.69 Å². The molecule has 2 atom stereocenters. The molecular weight excluding hydrogens is 215 g/mol. The summed E-state index contributed by atoms with van der Waals surface area (Å²) in [7, 11) is 2.02. The number of hydrogen-bond acceptors (Lipinski definition) is 2. The number of nitrogens with zero attached hydrogens (tertiary/aromatic N) is 1.